The first-order valence-electron chi connectivity index (χ1n) is 9.61. The molecule has 1 aliphatic rings. The SMILES string of the molecule is CCCS(=O)(=O)N1CCC(c2ccccn2)([C@H](C)NC(=O)c2ccsc2)CC1. The van der Waals surface area contributed by atoms with Crippen molar-refractivity contribution in [3.63, 3.8) is 0 Å². The van der Waals surface area contributed by atoms with Gasteiger partial charge in [0.1, 0.15) is 0 Å². The topological polar surface area (TPSA) is 79.4 Å². The summed E-state index contributed by atoms with van der Waals surface area (Å²) in [5.41, 5.74) is 1.15. The first-order valence-corrected chi connectivity index (χ1v) is 12.2. The Morgan fingerprint density at radius 3 is 2.64 bits per heavy atom. The molecule has 152 valence electrons. The lowest BCUT2D eigenvalue weighted by Gasteiger charge is -2.44. The van der Waals surface area contributed by atoms with Gasteiger partial charge in [-0.1, -0.05) is 13.0 Å². The van der Waals surface area contributed by atoms with Crippen molar-refractivity contribution in [2.75, 3.05) is 18.8 Å². The van der Waals surface area contributed by atoms with E-state index in [4.69, 9.17) is 0 Å². The molecule has 1 N–H and O–H groups in total. The second-order valence-electron chi connectivity index (χ2n) is 7.29. The minimum atomic E-state index is -3.22. The van der Waals surface area contributed by atoms with Crippen LogP contribution in [-0.2, 0) is 15.4 Å². The highest BCUT2D eigenvalue weighted by Gasteiger charge is 2.44. The quantitative estimate of drug-likeness (QED) is 0.745. The molecule has 1 saturated heterocycles. The maximum absolute atomic E-state index is 12.6. The summed E-state index contributed by atoms with van der Waals surface area (Å²) in [7, 11) is -3.22. The number of thiophene rings is 1. The van der Waals surface area contributed by atoms with Crippen molar-refractivity contribution < 1.29 is 13.2 Å². The van der Waals surface area contributed by atoms with Crippen LogP contribution in [0.4, 0.5) is 0 Å². The van der Waals surface area contributed by atoms with E-state index in [0.717, 1.165) is 5.69 Å². The summed E-state index contributed by atoms with van der Waals surface area (Å²) in [6.07, 6.45) is 3.61. The van der Waals surface area contributed by atoms with Gasteiger partial charge in [0.15, 0.2) is 0 Å². The van der Waals surface area contributed by atoms with Crippen molar-refractivity contribution in [2.24, 2.45) is 0 Å². The van der Waals surface area contributed by atoms with Gasteiger partial charge >= 0.3 is 0 Å². The average Bonchev–Trinajstić information content (AvgIpc) is 3.23. The number of hydrogen-bond acceptors (Lipinski definition) is 5. The molecule has 28 heavy (non-hydrogen) atoms. The van der Waals surface area contributed by atoms with Crippen molar-refractivity contribution in [2.45, 2.75) is 44.6 Å². The lowest BCUT2D eigenvalue weighted by Crippen LogP contribution is -2.55. The maximum atomic E-state index is 12.6. The first kappa shape index (κ1) is 21.0. The van der Waals surface area contributed by atoms with Crippen LogP contribution in [0.25, 0.3) is 0 Å². The molecule has 1 atom stereocenters. The number of carbonyl (C=O) groups excluding carboxylic acids is 1. The second-order valence-corrected chi connectivity index (χ2v) is 10.2. The van der Waals surface area contributed by atoms with Crippen molar-refractivity contribution in [3.05, 3.63) is 52.5 Å². The zero-order valence-electron chi connectivity index (χ0n) is 16.3. The number of rotatable bonds is 7. The molecular weight excluding hydrogens is 394 g/mol. The Bertz CT molecular complexity index is 875. The zero-order valence-corrected chi connectivity index (χ0v) is 17.9. The van der Waals surface area contributed by atoms with Gasteiger partial charge < -0.3 is 5.32 Å². The normalized spacial score (nSPS) is 18.5. The summed E-state index contributed by atoms with van der Waals surface area (Å²) in [5, 5.41) is 6.84. The van der Waals surface area contributed by atoms with Gasteiger partial charge in [-0.2, -0.15) is 11.3 Å². The fourth-order valence-electron chi connectivity index (χ4n) is 3.93. The molecule has 2 aromatic heterocycles. The van der Waals surface area contributed by atoms with E-state index in [1.54, 1.807) is 16.6 Å². The number of pyridine rings is 1. The van der Waals surface area contributed by atoms with Crippen LogP contribution in [0, 0.1) is 0 Å². The molecular formula is C20H27N3O3S2. The van der Waals surface area contributed by atoms with Gasteiger partial charge in [0.2, 0.25) is 10.0 Å². The summed E-state index contributed by atoms with van der Waals surface area (Å²) in [6, 6.07) is 7.42. The second kappa shape index (κ2) is 8.71. The van der Waals surface area contributed by atoms with Crippen molar-refractivity contribution in [1.82, 2.24) is 14.6 Å². The Hall–Kier alpha value is -1.77. The van der Waals surface area contributed by atoms with Gasteiger partial charge in [-0.3, -0.25) is 9.78 Å². The van der Waals surface area contributed by atoms with E-state index in [1.807, 2.05) is 42.8 Å². The number of sulfonamides is 1. The number of nitrogens with one attached hydrogen (secondary N) is 1. The van der Waals surface area contributed by atoms with E-state index >= 15 is 0 Å². The molecule has 1 fully saturated rings. The van der Waals surface area contributed by atoms with E-state index in [9.17, 15) is 13.2 Å². The molecule has 0 saturated carbocycles. The summed E-state index contributed by atoms with van der Waals surface area (Å²) in [6.45, 7) is 4.76. The highest BCUT2D eigenvalue weighted by Crippen LogP contribution is 2.38. The van der Waals surface area contributed by atoms with Crippen LogP contribution < -0.4 is 5.32 Å². The number of aromatic nitrogens is 1. The molecule has 3 heterocycles. The monoisotopic (exact) mass is 421 g/mol. The predicted molar refractivity (Wildman–Crippen MR) is 112 cm³/mol. The smallest absolute Gasteiger partial charge is 0.252 e. The van der Waals surface area contributed by atoms with Crippen molar-refractivity contribution >= 4 is 27.3 Å². The van der Waals surface area contributed by atoms with E-state index < -0.39 is 15.4 Å². The number of hydrogen-bond donors (Lipinski definition) is 1. The lowest BCUT2D eigenvalue weighted by atomic mass is 9.70. The summed E-state index contributed by atoms with van der Waals surface area (Å²) in [5.74, 6) is 0.0682. The Morgan fingerprint density at radius 1 is 1.32 bits per heavy atom. The Labute approximate surface area is 171 Å². The molecule has 0 radical (unpaired) electrons. The van der Waals surface area contributed by atoms with Crippen LogP contribution in [0.3, 0.4) is 0 Å². The Morgan fingerprint density at radius 2 is 2.07 bits per heavy atom. The lowest BCUT2D eigenvalue weighted by molar-refractivity contribution is 0.0893. The van der Waals surface area contributed by atoms with Gasteiger partial charge in [0, 0.05) is 47.4 Å². The largest absolute Gasteiger partial charge is 0.349 e. The van der Waals surface area contributed by atoms with Crippen LogP contribution in [0.15, 0.2) is 41.2 Å². The Balaban J connectivity index is 1.83. The fourth-order valence-corrected chi connectivity index (χ4v) is 6.08. The van der Waals surface area contributed by atoms with Crippen LogP contribution in [0.1, 0.15) is 49.2 Å². The van der Waals surface area contributed by atoms with Crippen molar-refractivity contribution in [1.29, 1.82) is 0 Å². The minimum absolute atomic E-state index is 0.106. The predicted octanol–water partition coefficient (Wildman–Crippen LogP) is 3.04. The highest BCUT2D eigenvalue weighted by atomic mass is 32.2. The van der Waals surface area contributed by atoms with E-state index in [1.165, 1.54) is 11.3 Å². The van der Waals surface area contributed by atoms with Crippen LogP contribution >= 0.6 is 11.3 Å². The number of nitrogens with zero attached hydrogens (tertiary/aromatic N) is 2. The first-order chi connectivity index (χ1) is 13.4. The van der Waals surface area contributed by atoms with Gasteiger partial charge in [-0.05, 0) is 49.8 Å². The van der Waals surface area contributed by atoms with Crippen LogP contribution in [-0.4, -0.2) is 48.5 Å². The molecule has 1 aliphatic heterocycles. The Kier molecular flexibility index (Phi) is 6.52. The summed E-state index contributed by atoms with van der Waals surface area (Å²) < 4.78 is 26.5. The number of carbonyl (C=O) groups is 1. The molecule has 1 amide bonds. The van der Waals surface area contributed by atoms with Gasteiger partial charge in [0.05, 0.1) is 5.75 Å². The van der Waals surface area contributed by atoms with Crippen molar-refractivity contribution in [3.8, 4) is 0 Å². The summed E-state index contributed by atoms with van der Waals surface area (Å²) >= 11 is 1.49. The summed E-state index contributed by atoms with van der Waals surface area (Å²) in [4.78, 5) is 17.2. The fraction of sp³-hybridized carbons (Fsp3) is 0.500. The molecule has 0 aromatic carbocycles. The third kappa shape index (κ3) is 4.29. The van der Waals surface area contributed by atoms with Crippen LogP contribution in [0.5, 0.6) is 0 Å². The standard InChI is InChI=1S/C20H27N3O3S2/c1-3-14-28(25,26)23-11-8-20(9-12-23,18-6-4-5-10-21-18)16(2)22-19(24)17-7-13-27-15-17/h4-7,10,13,15-16H,3,8-9,11-12,14H2,1-2H3,(H,22,24)/t16-/m0/s1. The molecule has 0 unspecified atom stereocenters. The molecule has 0 bridgehead atoms. The molecule has 0 spiro atoms. The zero-order chi connectivity index (χ0) is 20.2. The molecule has 0 aliphatic carbocycles. The average molecular weight is 422 g/mol. The van der Waals surface area contributed by atoms with E-state index in [2.05, 4.69) is 10.3 Å². The number of piperidine rings is 1. The molecule has 8 heteroatoms. The third-order valence-corrected chi connectivity index (χ3v) is 8.36. The number of amides is 1. The van der Waals surface area contributed by atoms with Gasteiger partial charge in [-0.15, -0.1) is 0 Å². The van der Waals surface area contributed by atoms with Gasteiger partial charge in [0.25, 0.3) is 5.91 Å². The third-order valence-electron chi connectivity index (χ3n) is 5.60. The molecule has 2 aromatic rings. The molecule has 3 rings (SSSR count). The van der Waals surface area contributed by atoms with Gasteiger partial charge in [-0.25, -0.2) is 12.7 Å². The van der Waals surface area contributed by atoms with Crippen LogP contribution in [0.2, 0.25) is 0 Å². The van der Waals surface area contributed by atoms with E-state index in [-0.39, 0.29) is 17.7 Å². The highest BCUT2D eigenvalue weighted by molar-refractivity contribution is 7.89. The minimum Gasteiger partial charge on any atom is -0.349 e. The maximum Gasteiger partial charge on any atom is 0.252 e. The van der Waals surface area contributed by atoms with E-state index in [0.29, 0.717) is 37.9 Å². The molecule has 6 nitrogen and oxygen atoms in total.